The zero-order valence-electron chi connectivity index (χ0n) is 15.6. The summed E-state index contributed by atoms with van der Waals surface area (Å²) >= 11 is 0. The molecular formula is C20H26N2O2S. The first kappa shape index (κ1) is 18.1. The predicted octanol–water partition coefficient (Wildman–Crippen LogP) is 3.31. The van der Waals surface area contributed by atoms with Crippen LogP contribution < -0.4 is 10.0 Å². The molecule has 1 aliphatic heterocycles. The van der Waals surface area contributed by atoms with Crippen LogP contribution in [0.4, 0.5) is 0 Å². The highest BCUT2D eigenvalue weighted by molar-refractivity contribution is 7.89. The van der Waals surface area contributed by atoms with Gasteiger partial charge in [0.05, 0.1) is 4.90 Å². The summed E-state index contributed by atoms with van der Waals surface area (Å²) < 4.78 is 28.7. The molecule has 5 heteroatoms. The fourth-order valence-electron chi connectivity index (χ4n) is 3.58. The number of sulfonamides is 1. The average molecular weight is 359 g/mol. The van der Waals surface area contributed by atoms with E-state index in [1.54, 1.807) is 0 Å². The minimum Gasteiger partial charge on any atom is -0.309 e. The van der Waals surface area contributed by atoms with Crippen LogP contribution in [0.15, 0.2) is 23.1 Å². The topological polar surface area (TPSA) is 58.2 Å². The third-order valence-corrected chi connectivity index (χ3v) is 7.24. The molecule has 0 aromatic heterocycles. The molecule has 134 valence electrons. The normalized spacial score (nSPS) is 14.0. The van der Waals surface area contributed by atoms with Crippen LogP contribution in [0.25, 0.3) is 0 Å². The molecular weight excluding hydrogens is 332 g/mol. The molecule has 0 amide bonds. The molecule has 1 heterocycles. The van der Waals surface area contributed by atoms with Crippen LogP contribution in [0.5, 0.6) is 0 Å². The van der Waals surface area contributed by atoms with Gasteiger partial charge in [0.25, 0.3) is 0 Å². The predicted molar refractivity (Wildman–Crippen MR) is 101 cm³/mol. The maximum atomic E-state index is 13.0. The Balaban J connectivity index is 1.90. The lowest BCUT2D eigenvalue weighted by Gasteiger charge is -2.19. The van der Waals surface area contributed by atoms with Crippen LogP contribution in [0.3, 0.4) is 0 Å². The Morgan fingerprint density at radius 3 is 2.08 bits per heavy atom. The van der Waals surface area contributed by atoms with Crippen molar-refractivity contribution in [3.05, 3.63) is 62.7 Å². The molecule has 0 unspecified atom stereocenters. The number of hydrogen-bond donors (Lipinski definition) is 2. The Kier molecular flexibility index (Phi) is 4.75. The Morgan fingerprint density at radius 1 is 0.880 bits per heavy atom. The maximum absolute atomic E-state index is 13.0. The van der Waals surface area contributed by atoms with Crippen molar-refractivity contribution in [3.63, 3.8) is 0 Å². The molecule has 0 saturated heterocycles. The number of benzene rings is 2. The molecule has 2 aromatic rings. The van der Waals surface area contributed by atoms with Gasteiger partial charge in [-0.25, -0.2) is 13.1 Å². The molecule has 2 aromatic carbocycles. The fraction of sp³-hybridized carbons (Fsp3) is 0.400. The Hall–Kier alpha value is -1.69. The summed E-state index contributed by atoms with van der Waals surface area (Å²) in [5, 5.41) is 3.31. The van der Waals surface area contributed by atoms with Crippen molar-refractivity contribution in [1.82, 2.24) is 10.0 Å². The second kappa shape index (κ2) is 6.56. The quantitative estimate of drug-likeness (QED) is 0.881. The van der Waals surface area contributed by atoms with Crippen LogP contribution in [0.1, 0.15) is 44.5 Å². The third-order valence-electron chi connectivity index (χ3n) is 5.57. The lowest BCUT2D eigenvalue weighted by atomic mass is 9.95. The van der Waals surface area contributed by atoms with E-state index in [1.807, 2.05) is 40.7 Å². The molecule has 0 saturated carbocycles. The summed E-state index contributed by atoms with van der Waals surface area (Å²) in [6.45, 7) is 11.9. The summed E-state index contributed by atoms with van der Waals surface area (Å²) in [7, 11) is -3.56. The largest absolute Gasteiger partial charge is 0.309 e. The summed E-state index contributed by atoms with van der Waals surface area (Å²) in [5.74, 6) is 0. The van der Waals surface area contributed by atoms with Crippen molar-refractivity contribution in [3.8, 4) is 0 Å². The highest BCUT2D eigenvalue weighted by atomic mass is 32.2. The Bertz CT molecular complexity index is 918. The molecule has 0 spiro atoms. The minimum absolute atomic E-state index is 0.306. The third kappa shape index (κ3) is 3.24. The number of rotatable bonds is 4. The first-order valence-corrected chi connectivity index (χ1v) is 10.1. The van der Waals surface area contributed by atoms with Crippen LogP contribution in [-0.2, 0) is 29.7 Å². The SMILES string of the molecule is Cc1c(C)c(C)c(S(=O)(=O)NCc2ccc3c(c2)CNC3)c(C)c1C. The standard InChI is InChI=1S/C20H26N2O2S/c1-12-13(2)15(4)20(16(5)14(12)3)25(23,24)22-9-17-6-7-18-10-21-11-19(18)8-17/h6-8,21-22H,9-11H2,1-5H3. The van der Waals surface area contributed by atoms with E-state index in [2.05, 4.69) is 22.2 Å². The summed E-state index contributed by atoms with van der Waals surface area (Å²) in [6.07, 6.45) is 0. The smallest absolute Gasteiger partial charge is 0.241 e. The second-order valence-corrected chi connectivity index (χ2v) is 8.69. The highest BCUT2D eigenvalue weighted by Crippen LogP contribution is 2.29. The van der Waals surface area contributed by atoms with Gasteiger partial charge in [-0.1, -0.05) is 18.2 Å². The van der Waals surface area contributed by atoms with Crippen molar-refractivity contribution in [2.45, 2.75) is 59.1 Å². The van der Waals surface area contributed by atoms with E-state index in [0.717, 1.165) is 40.9 Å². The van der Waals surface area contributed by atoms with E-state index in [4.69, 9.17) is 0 Å². The average Bonchev–Trinajstić information content (AvgIpc) is 3.04. The van der Waals surface area contributed by atoms with Gasteiger partial charge in [0.2, 0.25) is 10.0 Å². The van der Waals surface area contributed by atoms with E-state index < -0.39 is 10.0 Å². The molecule has 1 aliphatic rings. The zero-order valence-corrected chi connectivity index (χ0v) is 16.4. The number of nitrogens with one attached hydrogen (secondary N) is 2. The van der Waals surface area contributed by atoms with Gasteiger partial charge in [0.15, 0.2) is 0 Å². The van der Waals surface area contributed by atoms with E-state index in [1.165, 1.54) is 16.7 Å². The van der Waals surface area contributed by atoms with Crippen LogP contribution >= 0.6 is 0 Å². The van der Waals surface area contributed by atoms with Crippen molar-refractivity contribution < 1.29 is 8.42 Å². The Labute approximate surface area is 150 Å². The highest BCUT2D eigenvalue weighted by Gasteiger charge is 2.23. The number of fused-ring (bicyclic) bond motifs is 1. The van der Waals surface area contributed by atoms with Gasteiger partial charge >= 0.3 is 0 Å². The molecule has 0 bridgehead atoms. The maximum Gasteiger partial charge on any atom is 0.241 e. The zero-order chi connectivity index (χ0) is 18.4. The molecule has 3 rings (SSSR count). The van der Waals surface area contributed by atoms with Gasteiger partial charge in [0.1, 0.15) is 0 Å². The van der Waals surface area contributed by atoms with Crippen LogP contribution in [0.2, 0.25) is 0 Å². The second-order valence-electron chi connectivity index (χ2n) is 6.99. The van der Waals surface area contributed by atoms with Crippen LogP contribution in [0, 0.1) is 34.6 Å². The van der Waals surface area contributed by atoms with E-state index in [9.17, 15) is 8.42 Å². The monoisotopic (exact) mass is 358 g/mol. The lowest BCUT2D eigenvalue weighted by molar-refractivity contribution is 0.579. The fourth-order valence-corrected chi connectivity index (χ4v) is 5.19. The van der Waals surface area contributed by atoms with Gasteiger partial charge in [-0.05, 0) is 79.1 Å². The molecule has 0 radical (unpaired) electrons. The van der Waals surface area contributed by atoms with Crippen molar-refractivity contribution in [1.29, 1.82) is 0 Å². The molecule has 0 aliphatic carbocycles. The van der Waals surface area contributed by atoms with Crippen molar-refractivity contribution in [2.75, 3.05) is 0 Å². The lowest BCUT2D eigenvalue weighted by Crippen LogP contribution is -2.25. The first-order valence-electron chi connectivity index (χ1n) is 8.60. The van der Waals surface area contributed by atoms with Gasteiger partial charge < -0.3 is 5.32 Å². The molecule has 25 heavy (non-hydrogen) atoms. The van der Waals surface area contributed by atoms with Crippen molar-refractivity contribution in [2.24, 2.45) is 0 Å². The molecule has 0 atom stereocenters. The number of hydrogen-bond acceptors (Lipinski definition) is 3. The van der Waals surface area contributed by atoms with Crippen LogP contribution in [-0.4, -0.2) is 8.42 Å². The van der Waals surface area contributed by atoms with E-state index >= 15 is 0 Å². The van der Waals surface area contributed by atoms with Gasteiger partial charge in [0, 0.05) is 19.6 Å². The van der Waals surface area contributed by atoms with E-state index in [-0.39, 0.29) is 0 Å². The summed E-state index contributed by atoms with van der Waals surface area (Å²) in [4.78, 5) is 0.427. The van der Waals surface area contributed by atoms with Crippen molar-refractivity contribution >= 4 is 10.0 Å². The van der Waals surface area contributed by atoms with Gasteiger partial charge in [-0.3, -0.25) is 0 Å². The Morgan fingerprint density at radius 2 is 1.44 bits per heavy atom. The van der Waals surface area contributed by atoms with Gasteiger partial charge in [-0.15, -0.1) is 0 Å². The minimum atomic E-state index is -3.56. The molecule has 2 N–H and O–H groups in total. The van der Waals surface area contributed by atoms with Gasteiger partial charge in [-0.2, -0.15) is 0 Å². The molecule has 0 fully saturated rings. The first-order chi connectivity index (χ1) is 11.7. The summed E-state index contributed by atoms with van der Waals surface area (Å²) in [6, 6.07) is 6.17. The molecule has 4 nitrogen and oxygen atoms in total. The summed E-state index contributed by atoms with van der Waals surface area (Å²) in [5.41, 5.74) is 8.48. The van der Waals surface area contributed by atoms with E-state index in [0.29, 0.717) is 11.4 Å².